The second-order valence-corrected chi connectivity index (χ2v) is 3.45. The van der Waals surface area contributed by atoms with E-state index in [1.807, 2.05) is 0 Å². The van der Waals surface area contributed by atoms with Gasteiger partial charge in [-0.05, 0) is 25.0 Å². The van der Waals surface area contributed by atoms with Gasteiger partial charge in [0.05, 0.1) is 25.0 Å². The van der Waals surface area contributed by atoms with Crippen molar-refractivity contribution in [3.05, 3.63) is 29.7 Å². The maximum absolute atomic E-state index is 11.1. The second kappa shape index (κ2) is 7.54. The predicted octanol–water partition coefficient (Wildman–Crippen LogP) is 1.19. The minimum absolute atomic E-state index is 0.122. The van der Waals surface area contributed by atoms with Crippen LogP contribution in [-0.4, -0.2) is 42.7 Å². The fourth-order valence-electron chi connectivity index (χ4n) is 1.43. The van der Waals surface area contributed by atoms with Gasteiger partial charge in [-0.25, -0.2) is 4.79 Å². The first-order valence-electron chi connectivity index (χ1n) is 5.22. The van der Waals surface area contributed by atoms with Crippen LogP contribution in [0.2, 0.25) is 0 Å². The van der Waals surface area contributed by atoms with Gasteiger partial charge in [-0.3, -0.25) is 0 Å². The third-order valence-corrected chi connectivity index (χ3v) is 2.18. The highest BCUT2D eigenvalue weighted by atomic mass is 16.7. The molecule has 1 heterocycles. The Bertz CT molecular complexity index is 353. The number of carbonyl (C=O) groups excluding carboxylic acids is 1. The minimum atomic E-state index is -0.941. The van der Waals surface area contributed by atoms with Crippen molar-refractivity contribution in [2.45, 2.75) is 24.7 Å². The summed E-state index contributed by atoms with van der Waals surface area (Å²) in [5.41, 5.74) is 8.35. The van der Waals surface area contributed by atoms with Crippen LogP contribution in [0.1, 0.15) is 6.42 Å². The summed E-state index contributed by atoms with van der Waals surface area (Å²) in [7, 11) is 0. The highest BCUT2D eigenvalue weighted by molar-refractivity contribution is 5.60. The molecule has 1 saturated heterocycles. The molecular formula is C10H13N3O5. The predicted molar refractivity (Wildman–Crippen MR) is 59.2 cm³/mol. The Morgan fingerprint density at radius 2 is 2.50 bits per heavy atom. The van der Waals surface area contributed by atoms with E-state index in [-0.39, 0.29) is 13.2 Å². The summed E-state index contributed by atoms with van der Waals surface area (Å²) in [6, 6.07) is -0.467. The van der Waals surface area contributed by atoms with Crippen molar-refractivity contribution in [1.82, 2.24) is 0 Å². The van der Waals surface area contributed by atoms with Gasteiger partial charge in [-0.15, -0.1) is 0 Å². The summed E-state index contributed by atoms with van der Waals surface area (Å²) < 4.78 is 14.4. The van der Waals surface area contributed by atoms with Crippen LogP contribution >= 0.6 is 0 Å². The molecule has 3 atom stereocenters. The summed E-state index contributed by atoms with van der Waals surface area (Å²) >= 11 is 0. The van der Waals surface area contributed by atoms with Gasteiger partial charge in [-0.1, -0.05) is 5.11 Å². The Labute approximate surface area is 104 Å². The lowest BCUT2D eigenvalue weighted by molar-refractivity contribution is 0.000786. The molecule has 8 nitrogen and oxygen atoms in total. The van der Waals surface area contributed by atoms with Crippen LogP contribution in [0.25, 0.3) is 10.4 Å². The van der Waals surface area contributed by atoms with Crippen molar-refractivity contribution in [2.75, 3.05) is 13.2 Å². The van der Waals surface area contributed by atoms with E-state index in [4.69, 9.17) is 27.0 Å². The van der Waals surface area contributed by atoms with Crippen LogP contribution in [-0.2, 0) is 14.2 Å². The average Bonchev–Trinajstić information content (AvgIpc) is 2.68. The Kier molecular flexibility index (Phi) is 5.99. The molecule has 0 amide bonds. The van der Waals surface area contributed by atoms with Crippen LogP contribution in [0.15, 0.2) is 17.5 Å². The molecule has 0 bridgehead atoms. The van der Waals surface area contributed by atoms with Gasteiger partial charge in [0.25, 0.3) is 0 Å². The molecule has 0 aromatic carbocycles. The maximum Gasteiger partial charge on any atom is 0.513 e. The molecule has 0 aromatic rings. The lowest BCUT2D eigenvalue weighted by atomic mass is 10.1. The monoisotopic (exact) mass is 255 g/mol. The largest absolute Gasteiger partial charge is 0.513 e. The van der Waals surface area contributed by atoms with E-state index in [0.717, 1.165) is 6.26 Å². The van der Waals surface area contributed by atoms with Crippen molar-refractivity contribution >= 4 is 6.16 Å². The molecule has 1 rings (SSSR count). The van der Waals surface area contributed by atoms with Crippen molar-refractivity contribution in [1.29, 1.82) is 0 Å². The Hall–Kier alpha value is -1.76. The molecule has 0 aromatic heterocycles. The number of aliphatic hydroxyl groups excluding tert-OH is 1. The van der Waals surface area contributed by atoms with Crippen molar-refractivity contribution in [3.63, 3.8) is 0 Å². The number of carbonyl (C=O) groups is 1. The topological polar surface area (TPSA) is 114 Å². The molecular weight excluding hydrogens is 242 g/mol. The van der Waals surface area contributed by atoms with E-state index < -0.39 is 24.4 Å². The molecule has 98 valence electrons. The third kappa shape index (κ3) is 4.62. The molecule has 0 unspecified atom stereocenters. The van der Waals surface area contributed by atoms with Gasteiger partial charge >= 0.3 is 6.16 Å². The molecule has 8 heteroatoms. The van der Waals surface area contributed by atoms with E-state index in [2.05, 4.69) is 14.8 Å². The zero-order chi connectivity index (χ0) is 13.4. The molecule has 18 heavy (non-hydrogen) atoms. The first-order valence-corrected chi connectivity index (χ1v) is 5.22. The third-order valence-electron chi connectivity index (χ3n) is 2.18. The fraction of sp³-hybridized carbons (Fsp3) is 0.600. The van der Waals surface area contributed by atoms with E-state index in [9.17, 15) is 4.79 Å². The van der Waals surface area contributed by atoms with Crippen LogP contribution in [0.4, 0.5) is 4.79 Å². The summed E-state index contributed by atoms with van der Waals surface area (Å²) in [5.74, 6) is 0. The molecule has 1 aliphatic heterocycles. The summed E-state index contributed by atoms with van der Waals surface area (Å²) in [6.07, 6.45) is 0.547. The molecule has 0 saturated carbocycles. The zero-order valence-corrected chi connectivity index (χ0v) is 9.51. The van der Waals surface area contributed by atoms with Gasteiger partial charge in [0, 0.05) is 4.91 Å². The normalized spacial score (nSPS) is 26.9. The van der Waals surface area contributed by atoms with Gasteiger partial charge in [0.2, 0.25) is 0 Å². The number of azide groups is 1. The first-order chi connectivity index (χ1) is 8.67. The highest BCUT2D eigenvalue weighted by Gasteiger charge is 2.33. The standard InChI is InChI=1S/C10H13N3O5/c1-7-5-8(12-13-11)9(18-7)6-17-10(15)16-4-2-3-14/h1-2,4,7-9,14H,3,5-6H2/b4-2-/t7-,8+,9+/m0/s1. The van der Waals surface area contributed by atoms with E-state index in [1.165, 1.54) is 6.08 Å². The van der Waals surface area contributed by atoms with Gasteiger partial charge in [0.1, 0.15) is 12.7 Å². The number of hydrogen-bond donors (Lipinski definition) is 1. The van der Waals surface area contributed by atoms with Crippen molar-refractivity contribution < 1.29 is 24.1 Å². The SMILES string of the molecule is [CH][C@H]1C[C@@H](N=[N+]=[N-])[C@@H](COC(=O)O/C=C\CO)O1. The molecule has 0 spiro atoms. The van der Waals surface area contributed by atoms with Crippen LogP contribution in [0.5, 0.6) is 0 Å². The maximum atomic E-state index is 11.1. The lowest BCUT2D eigenvalue weighted by Crippen LogP contribution is -2.26. The summed E-state index contributed by atoms with van der Waals surface area (Å²) in [4.78, 5) is 13.7. The molecule has 1 aliphatic rings. The summed E-state index contributed by atoms with van der Waals surface area (Å²) in [6.45, 7) is 5.17. The fourth-order valence-corrected chi connectivity index (χ4v) is 1.43. The number of aliphatic hydroxyl groups is 1. The Balaban J connectivity index is 2.35. The van der Waals surface area contributed by atoms with Gasteiger partial charge in [0.15, 0.2) is 0 Å². The van der Waals surface area contributed by atoms with Crippen LogP contribution in [0, 0.1) is 6.92 Å². The number of rotatable bonds is 5. The Morgan fingerprint density at radius 3 is 3.17 bits per heavy atom. The van der Waals surface area contributed by atoms with Crippen LogP contribution < -0.4 is 0 Å². The smallest absolute Gasteiger partial charge is 0.431 e. The first kappa shape index (κ1) is 14.3. The van der Waals surface area contributed by atoms with E-state index >= 15 is 0 Å². The lowest BCUT2D eigenvalue weighted by Gasteiger charge is -2.13. The van der Waals surface area contributed by atoms with E-state index in [0.29, 0.717) is 6.42 Å². The molecule has 2 radical (unpaired) electrons. The number of hydrogen-bond acceptors (Lipinski definition) is 6. The minimum Gasteiger partial charge on any atom is -0.431 e. The van der Waals surface area contributed by atoms with E-state index in [1.54, 1.807) is 0 Å². The quantitative estimate of drug-likeness (QED) is 0.260. The molecule has 1 N–H and O–H groups in total. The molecule has 0 aliphatic carbocycles. The van der Waals surface area contributed by atoms with Gasteiger partial charge < -0.3 is 19.3 Å². The highest BCUT2D eigenvalue weighted by Crippen LogP contribution is 2.23. The van der Waals surface area contributed by atoms with Gasteiger partial charge in [-0.2, -0.15) is 0 Å². The van der Waals surface area contributed by atoms with Crippen molar-refractivity contribution in [3.8, 4) is 0 Å². The Morgan fingerprint density at radius 1 is 1.72 bits per heavy atom. The summed E-state index contributed by atoms with van der Waals surface area (Å²) in [5, 5.41) is 11.9. The number of ether oxygens (including phenoxy) is 3. The zero-order valence-electron chi connectivity index (χ0n) is 9.51. The van der Waals surface area contributed by atoms with Crippen LogP contribution in [0.3, 0.4) is 0 Å². The number of nitrogens with zero attached hydrogens (tertiary/aromatic N) is 3. The second-order valence-electron chi connectivity index (χ2n) is 3.45. The molecule has 1 fully saturated rings. The van der Waals surface area contributed by atoms with Crippen molar-refractivity contribution in [2.24, 2.45) is 5.11 Å². The average molecular weight is 255 g/mol.